The third-order valence-corrected chi connectivity index (χ3v) is 3.72. The fourth-order valence-electron chi connectivity index (χ4n) is 2.34. The number of likely N-dealkylation sites (tertiary alicyclic amines) is 1. The maximum atomic E-state index is 12.5. The zero-order valence-electron chi connectivity index (χ0n) is 12.4. The summed E-state index contributed by atoms with van der Waals surface area (Å²) in [6, 6.07) is 3.35. The molecular formula is C15H21ClN2O3. The summed E-state index contributed by atoms with van der Waals surface area (Å²) in [5.74, 6) is 0.878. The molecule has 0 aliphatic carbocycles. The molecule has 0 bridgehead atoms. The molecule has 1 aliphatic heterocycles. The number of nitrogens with zero attached hydrogens (tertiary/aromatic N) is 1. The molecule has 21 heavy (non-hydrogen) atoms. The van der Waals surface area contributed by atoms with E-state index < -0.39 is 0 Å². The third kappa shape index (κ3) is 3.60. The van der Waals surface area contributed by atoms with Crippen molar-refractivity contribution in [2.24, 2.45) is 5.73 Å². The SMILES string of the molecule is CCCOc1c(Cl)cc(C(=O)N2CC[C@@H](N)C2)cc1OC. The van der Waals surface area contributed by atoms with Gasteiger partial charge >= 0.3 is 0 Å². The van der Waals surface area contributed by atoms with E-state index in [0.29, 0.717) is 41.8 Å². The van der Waals surface area contributed by atoms with Gasteiger partial charge in [0.25, 0.3) is 5.91 Å². The molecule has 0 aromatic heterocycles. The molecule has 6 heteroatoms. The Kier molecular flexibility index (Phi) is 5.31. The van der Waals surface area contributed by atoms with Crippen LogP contribution in [0.3, 0.4) is 0 Å². The van der Waals surface area contributed by atoms with E-state index in [0.717, 1.165) is 12.8 Å². The quantitative estimate of drug-likeness (QED) is 0.906. The summed E-state index contributed by atoms with van der Waals surface area (Å²) in [6.45, 7) is 3.81. The van der Waals surface area contributed by atoms with Gasteiger partial charge in [-0.2, -0.15) is 0 Å². The van der Waals surface area contributed by atoms with E-state index in [1.165, 1.54) is 7.11 Å². The highest BCUT2D eigenvalue weighted by atomic mass is 35.5. The van der Waals surface area contributed by atoms with Crippen molar-refractivity contribution in [3.63, 3.8) is 0 Å². The monoisotopic (exact) mass is 312 g/mol. The Morgan fingerprint density at radius 2 is 2.29 bits per heavy atom. The molecule has 0 unspecified atom stereocenters. The molecule has 0 spiro atoms. The number of ether oxygens (including phenoxy) is 2. The number of carbonyl (C=O) groups excluding carboxylic acids is 1. The molecule has 1 heterocycles. The summed E-state index contributed by atoms with van der Waals surface area (Å²) in [7, 11) is 1.53. The van der Waals surface area contributed by atoms with Gasteiger partial charge in [-0.05, 0) is 25.0 Å². The van der Waals surface area contributed by atoms with Crippen LogP contribution in [0.25, 0.3) is 0 Å². The van der Waals surface area contributed by atoms with Crippen molar-refractivity contribution in [3.05, 3.63) is 22.7 Å². The van der Waals surface area contributed by atoms with Gasteiger partial charge in [0, 0.05) is 24.7 Å². The lowest BCUT2D eigenvalue weighted by molar-refractivity contribution is 0.0790. The number of hydrogen-bond acceptors (Lipinski definition) is 4. The van der Waals surface area contributed by atoms with Gasteiger partial charge in [0.05, 0.1) is 18.7 Å². The standard InChI is InChI=1S/C15H21ClN2O3/c1-3-6-21-14-12(16)7-10(8-13(14)20-2)15(19)18-5-4-11(17)9-18/h7-8,11H,3-6,9,17H2,1-2H3/t11-/m1/s1. The normalized spacial score (nSPS) is 17.9. The molecule has 2 N–H and O–H groups in total. The van der Waals surface area contributed by atoms with Crippen LogP contribution in [0.2, 0.25) is 5.02 Å². The van der Waals surface area contributed by atoms with E-state index in [1.54, 1.807) is 17.0 Å². The molecule has 1 aromatic carbocycles. The number of methoxy groups -OCH3 is 1. The molecule has 5 nitrogen and oxygen atoms in total. The summed E-state index contributed by atoms with van der Waals surface area (Å²) >= 11 is 6.23. The Bertz CT molecular complexity index is 522. The fourth-order valence-corrected chi connectivity index (χ4v) is 2.61. The maximum absolute atomic E-state index is 12.5. The Morgan fingerprint density at radius 3 is 2.86 bits per heavy atom. The Hall–Kier alpha value is -1.46. The lowest BCUT2D eigenvalue weighted by Crippen LogP contribution is -2.31. The highest BCUT2D eigenvalue weighted by Crippen LogP contribution is 2.37. The zero-order valence-corrected chi connectivity index (χ0v) is 13.2. The van der Waals surface area contributed by atoms with Gasteiger partial charge in [-0.3, -0.25) is 4.79 Å². The van der Waals surface area contributed by atoms with Crippen LogP contribution in [-0.2, 0) is 0 Å². The summed E-state index contributed by atoms with van der Waals surface area (Å²) in [5.41, 5.74) is 6.34. The number of carbonyl (C=O) groups is 1. The molecule has 1 saturated heterocycles. The highest BCUT2D eigenvalue weighted by molar-refractivity contribution is 6.32. The molecular weight excluding hydrogens is 292 g/mol. The summed E-state index contributed by atoms with van der Waals surface area (Å²) < 4.78 is 10.9. The lowest BCUT2D eigenvalue weighted by Gasteiger charge is -2.18. The molecule has 116 valence electrons. The van der Waals surface area contributed by atoms with Gasteiger partial charge in [0.1, 0.15) is 0 Å². The molecule has 0 radical (unpaired) electrons. The number of benzene rings is 1. The smallest absolute Gasteiger partial charge is 0.254 e. The number of nitrogens with two attached hydrogens (primary N) is 1. The van der Waals surface area contributed by atoms with Crippen LogP contribution in [0.5, 0.6) is 11.5 Å². The van der Waals surface area contributed by atoms with E-state index in [1.807, 2.05) is 6.92 Å². The number of rotatable bonds is 5. The Labute approximate surface area is 130 Å². The molecule has 1 aliphatic rings. The summed E-state index contributed by atoms with van der Waals surface area (Å²) in [6.07, 6.45) is 1.69. The predicted molar refractivity (Wildman–Crippen MR) is 82.3 cm³/mol. The average Bonchev–Trinajstić information content (AvgIpc) is 2.91. The highest BCUT2D eigenvalue weighted by Gasteiger charge is 2.26. The van der Waals surface area contributed by atoms with Gasteiger partial charge < -0.3 is 20.1 Å². The lowest BCUT2D eigenvalue weighted by atomic mass is 10.1. The maximum Gasteiger partial charge on any atom is 0.254 e. The van der Waals surface area contributed by atoms with Crippen molar-refractivity contribution in [1.29, 1.82) is 0 Å². The van der Waals surface area contributed by atoms with Crippen LogP contribution in [0.4, 0.5) is 0 Å². The van der Waals surface area contributed by atoms with Gasteiger partial charge in [0.15, 0.2) is 11.5 Å². The first-order chi connectivity index (χ1) is 10.1. The van der Waals surface area contributed by atoms with Crippen molar-refractivity contribution in [2.45, 2.75) is 25.8 Å². The van der Waals surface area contributed by atoms with Crippen LogP contribution < -0.4 is 15.2 Å². The second kappa shape index (κ2) is 7.00. The molecule has 1 aromatic rings. The largest absolute Gasteiger partial charge is 0.493 e. The van der Waals surface area contributed by atoms with Crippen LogP contribution in [-0.4, -0.2) is 43.7 Å². The van der Waals surface area contributed by atoms with E-state index in [4.69, 9.17) is 26.8 Å². The minimum Gasteiger partial charge on any atom is -0.493 e. The first-order valence-corrected chi connectivity index (χ1v) is 7.49. The second-order valence-electron chi connectivity index (χ2n) is 5.14. The van der Waals surface area contributed by atoms with Gasteiger partial charge in [-0.15, -0.1) is 0 Å². The molecule has 1 fully saturated rings. The van der Waals surface area contributed by atoms with E-state index >= 15 is 0 Å². The minimum absolute atomic E-state index is 0.0541. The van der Waals surface area contributed by atoms with Crippen LogP contribution in [0, 0.1) is 0 Å². The molecule has 0 saturated carbocycles. The first-order valence-electron chi connectivity index (χ1n) is 7.12. The van der Waals surface area contributed by atoms with E-state index in [9.17, 15) is 4.79 Å². The molecule has 1 atom stereocenters. The van der Waals surface area contributed by atoms with Crippen molar-refractivity contribution in [2.75, 3.05) is 26.8 Å². The molecule has 2 rings (SSSR count). The number of halogens is 1. The Morgan fingerprint density at radius 1 is 1.52 bits per heavy atom. The van der Waals surface area contributed by atoms with E-state index in [-0.39, 0.29) is 11.9 Å². The topological polar surface area (TPSA) is 64.8 Å². The third-order valence-electron chi connectivity index (χ3n) is 3.44. The fraction of sp³-hybridized carbons (Fsp3) is 0.533. The minimum atomic E-state index is -0.0785. The van der Waals surface area contributed by atoms with Crippen LogP contribution in [0.1, 0.15) is 30.1 Å². The van der Waals surface area contributed by atoms with Crippen molar-refractivity contribution < 1.29 is 14.3 Å². The van der Waals surface area contributed by atoms with Crippen molar-refractivity contribution in [1.82, 2.24) is 4.90 Å². The van der Waals surface area contributed by atoms with Crippen molar-refractivity contribution in [3.8, 4) is 11.5 Å². The average molecular weight is 313 g/mol. The number of amides is 1. The van der Waals surface area contributed by atoms with Gasteiger partial charge in [-0.25, -0.2) is 0 Å². The first kappa shape index (κ1) is 15.9. The zero-order chi connectivity index (χ0) is 15.4. The van der Waals surface area contributed by atoms with Gasteiger partial charge in [-0.1, -0.05) is 18.5 Å². The summed E-state index contributed by atoms with van der Waals surface area (Å²) in [5, 5.41) is 0.384. The molecule has 1 amide bonds. The second-order valence-corrected chi connectivity index (χ2v) is 5.55. The number of hydrogen-bond donors (Lipinski definition) is 1. The summed E-state index contributed by atoms with van der Waals surface area (Å²) in [4.78, 5) is 14.2. The van der Waals surface area contributed by atoms with Crippen molar-refractivity contribution >= 4 is 17.5 Å². The van der Waals surface area contributed by atoms with Gasteiger partial charge in [0.2, 0.25) is 0 Å². The Balaban J connectivity index is 2.24. The van der Waals surface area contributed by atoms with E-state index in [2.05, 4.69) is 0 Å². The van der Waals surface area contributed by atoms with Crippen LogP contribution in [0.15, 0.2) is 12.1 Å². The predicted octanol–water partition coefficient (Wildman–Crippen LogP) is 2.31. The van der Waals surface area contributed by atoms with Crippen LogP contribution >= 0.6 is 11.6 Å².